The molecule has 4 rings (SSSR count). The topological polar surface area (TPSA) is 108 Å². The molecule has 0 saturated heterocycles. The van der Waals surface area contributed by atoms with E-state index in [2.05, 4.69) is 20.8 Å². The second kappa shape index (κ2) is 7.74. The summed E-state index contributed by atoms with van der Waals surface area (Å²) in [5.41, 5.74) is 0.897. The molecule has 9 heteroatoms. The van der Waals surface area contributed by atoms with Crippen LogP contribution in [-0.4, -0.2) is 66.2 Å². The van der Waals surface area contributed by atoms with Gasteiger partial charge in [-0.2, -0.15) is 0 Å². The summed E-state index contributed by atoms with van der Waals surface area (Å²) in [7, 11) is 3.23. The first-order valence-corrected chi connectivity index (χ1v) is 10.9. The Bertz CT molecular complexity index is 1080. The van der Waals surface area contributed by atoms with E-state index in [4.69, 9.17) is 19.4 Å². The van der Waals surface area contributed by atoms with Gasteiger partial charge in [0.15, 0.2) is 0 Å². The van der Waals surface area contributed by atoms with Gasteiger partial charge in [-0.15, -0.1) is 0 Å². The standard InChI is InChI=1S/C23H30N4O5/c1-21(2)22(3)8-9-23(21,20(28)26(10-12-31-4)11-13-32-5)19-18(22)24-16-7-6-15(27(29)30)14-17(16)25-19/h6-7,14H,8-13H2,1-5H3. The molecule has 2 aliphatic rings. The first kappa shape index (κ1) is 22.5. The van der Waals surface area contributed by atoms with Gasteiger partial charge >= 0.3 is 0 Å². The molecule has 2 bridgehead atoms. The summed E-state index contributed by atoms with van der Waals surface area (Å²) in [5.74, 6) is -0.00171. The Balaban J connectivity index is 1.90. The third-order valence-electron chi connectivity index (χ3n) is 8.01. The molecule has 1 aromatic carbocycles. The number of aromatic nitrogens is 2. The third-order valence-corrected chi connectivity index (χ3v) is 8.01. The first-order chi connectivity index (χ1) is 15.1. The molecule has 2 atom stereocenters. The molecule has 1 fully saturated rings. The normalized spacial score (nSPS) is 25.2. The molecule has 2 aliphatic carbocycles. The van der Waals surface area contributed by atoms with Gasteiger partial charge in [-0.1, -0.05) is 20.8 Å². The van der Waals surface area contributed by atoms with Crippen LogP contribution in [0.5, 0.6) is 0 Å². The molecule has 32 heavy (non-hydrogen) atoms. The molecule has 1 heterocycles. The number of fused-ring (bicyclic) bond motifs is 6. The number of nitrogens with zero attached hydrogens (tertiary/aromatic N) is 4. The average molecular weight is 443 g/mol. The van der Waals surface area contributed by atoms with E-state index in [1.807, 2.05) is 0 Å². The van der Waals surface area contributed by atoms with Crippen molar-refractivity contribution in [2.75, 3.05) is 40.5 Å². The second-order valence-electron chi connectivity index (χ2n) is 9.49. The highest BCUT2D eigenvalue weighted by molar-refractivity contribution is 5.93. The van der Waals surface area contributed by atoms with Crippen molar-refractivity contribution in [3.63, 3.8) is 0 Å². The SMILES string of the molecule is COCCN(CCOC)C(=O)C12CCC(C)(c3nc4ccc([N+](=O)[O-])cc4nc31)C2(C)C. The Hall–Kier alpha value is -2.65. The third kappa shape index (κ3) is 2.87. The molecule has 0 radical (unpaired) electrons. The van der Waals surface area contributed by atoms with E-state index in [1.165, 1.54) is 12.1 Å². The van der Waals surface area contributed by atoms with Crippen molar-refractivity contribution in [1.29, 1.82) is 0 Å². The highest BCUT2D eigenvalue weighted by Gasteiger charge is 2.73. The molecule has 1 saturated carbocycles. The Morgan fingerprint density at radius 2 is 1.69 bits per heavy atom. The number of carbonyl (C=O) groups excluding carboxylic acids is 1. The minimum atomic E-state index is -0.857. The van der Waals surface area contributed by atoms with Crippen molar-refractivity contribution in [1.82, 2.24) is 14.9 Å². The number of amides is 1. The Morgan fingerprint density at radius 3 is 2.28 bits per heavy atom. The fourth-order valence-electron chi connectivity index (χ4n) is 5.66. The number of rotatable bonds is 8. The van der Waals surface area contributed by atoms with Gasteiger partial charge in [0, 0.05) is 44.9 Å². The average Bonchev–Trinajstić information content (AvgIpc) is 3.06. The van der Waals surface area contributed by atoms with Crippen molar-refractivity contribution in [2.45, 2.75) is 44.4 Å². The van der Waals surface area contributed by atoms with Crippen molar-refractivity contribution < 1.29 is 19.2 Å². The molecule has 9 nitrogen and oxygen atoms in total. The summed E-state index contributed by atoms with van der Waals surface area (Å²) in [6, 6.07) is 4.53. The lowest BCUT2D eigenvalue weighted by Gasteiger charge is -2.42. The minimum absolute atomic E-state index is 0.00171. The zero-order chi connectivity index (χ0) is 23.3. The van der Waals surface area contributed by atoms with Crippen LogP contribution in [0, 0.1) is 15.5 Å². The molecule has 2 unspecified atom stereocenters. The van der Waals surface area contributed by atoms with Gasteiger partial charge in [0.05, 0.1) is 46.0 Å². The Kier molecular flexibility index (Phi) is 5.45. The van der Waals surface area contributed by atoms with Gasteiger partial charge in [0.2, 0.25) is 5.91 Å². The fourth-order valence-corrected chi connectivity index (χ4v) is 5.66. The first-order valence-electron chi connectivity index (χ1n) is 10.9. The fraction of sp³-hybridized carbons (Fsp3) is 0.609. The van der Waals surface area contributed by atoms with Gasteiger partial charge in [-0.25, -0.2) is 9.97 Å². The maximum atomic E-state index is 14.2. The molecule has 1 amide bonds. The van der Waals surface area contributed by atoms with Crippen LogP contribution >= 0.6 is 0 Å². The highest BCUT2D eigenvalue weighted by Crippen LogP contribution is 2.70. The largest absolute Gasteiger partial charge is 0.383 e. The van der Waals surface area contributed by atoms with Crippen LogP contribution in [0.1, 0.15) is 45.0 Å². The summed E-state index contributed by atoms with van der Waals surface area (Å²) in [6.45, 7) is 8.16. The summed E-state index contributed by atoms with van der Waals surface area (Å²) in [4.78, 5) is 36.7. The van der Waals surface area contributed by atoms with E-state index in [0.717, 1.165) is 12.1 Å². The molecule has 2 aromatic rings. The number of hydrogen-bond acceptors (Lipinski definition) is 7. The van der Waals surface area contributed by atoms with Crippen molar-refractivity contribution in [3.05, 3.63) is 39.7 Å². The van der Waals surface area contributed by atoms with Gasteiger partial charge in [-0.3, -0.25) is 14.9 Å². The number of carbonyl (C=O) groups is 1. The van der Waals surface area contributed by atoms with Gasteiger partial charge in [-0.05, 0) is 24.3 Å². The Labute approximate surface area is 187 Å². The summed E-state index contributed by atoms with van der Waals surface area (Å²) in [5, 5.41) is 11.3. The summed E-state index contributed by atoms with van der Waals surface area (Å²) >= 11 is 0. The summed E-state index contributed by atoms with van der Waals surface area (Å²) < 4.78 is 10.5. The number of non-ortho nitro benzene ring substituents is 1. The van der Waals surface area contributed by atoms with E-state index in [9.17, 15) is 14.9 Å². The summed E-state index contributed by atoms with van der Waals surface area (Å²) in [6.07, 6.45) is 1.49. The lowest BCUT2D eigenvalue weighted by atomic mass is 9.63. The zero-order valence-electron chi connectivity index (χ0n) is 19.3. The number of nitro groups is 1. The lowest BCUT2D eigenvalue weighted by Crippen LogP contribution is -2.54. The lowest BCUT2D eigenvalue weighted by molar-refractivity contribution is -0.384. The van der Waals surface area contributed by atoms with Crippen LogP contribution in [0.25, 0.3) is 11.0 Å². The van der Waals surface area contributed by atoms with Crippen LogP contribution in [0.4, 0.5) is 5.69 Å². The molecular weight excluding hydrogens is 412 g/mol. The maximum absolute atomic E-state index is 14.2. The number of nitro benzene ring substituents is 1. The second-order valence-corrected chi connectivity index (χ2v) is 9.49. The monoisotopic (exact) mass is 442 g/mol. The highest BCUT2D eigenvalue weighted by atomic mass is 16.6. The van der Waals surface area contributed by atoms with E-state index < -0.39 is 15.8 Å². The van der Waals surface area contributed by atoms with Crippen LogP contribution in [-0.2, 0) is 25.1 Å². The molecule has 0 aliphatic heterocycles. The number of benzene rings is 1. The predicted octanol–water partition coefficient (Wildman–Crippen LogP) is 2.99. The van der Waals surface area contributed by atoms with E-state index >= 15 is 0 Å². The molecule has 1 aromatic heterocycles. The van der Waals surface area contributed by atoms with E-state index in [1.54, 1.807) is 25.2 Å². The van der Waals surface area contributed by atoms with E-state index in [0.29, 0.717) is 49.5 Å². The quantitative estimate of drug-likeness (QED) is 0.457. The Morgan fingerprint density at radius 1 is 1.06 bits per heavy atom. The number of methoxy groups -OCH3 is 2. The van der Waals surface area contributed by atoms with Crippen LogP contribution in [0.15, 0.2) is 18.2 Å². The van der Waals surface area contributed by atoms with Gasteiger partial charge in [0.1, 0.15) is 0 Å². The smallest absolute Gasteiger partial charge is 0.271 e. The van der Waals surface area contributed by atoms with E-state index in [-0.39, 0.29) is 17.0 Å². The number of ether oxygens (including phenoxy) is 2. The van der Waals surface area contributed by atoms with Gasteiger partial charge in [0.25, 0.3) is 5.69 Å². The molecule has 0 spiro atoms. The zero-order valence-corrected chi connectivity index (χ0v) is 19.3. The van der Waals surface area contributed by atoms with Crippen molar-refractivity contribution >= 4 is 22.6 Å². The van der Waals surface area contributed by atoms with Crippen LogP contribution in [0.2, 0.25) is 0 Å². The van der Waals surface area contributed by atoms with Gasteiger partial charge < -0.3 is 14.4 Å². The molecular formula is C23H30N4O5. The molecule has 172 valence electrons. The molecule has 0 N–H and O–H groups in total. The predicted molar refractivity (Wildman–Crippen MR) is 119 cm³/mol. The van der Waals surface area contributed by atoms with Crippen molar-refractivity contribution in [3.8, 4) is 0 Å². The van der Waals surface area contributed by atoms with Crippen molar-refractivity contribution in [2.24, 2.45) is 5.41 Å². The van der Waals surface area contributed by atoms with Crippen LogP contribution in [0.3, 0.4) is 0 Å². The number of hydrogen-bond donors (Lipinski definition) is 0. The maximum Gasteiger partial charge on any atom is 0.271 e. The van der Waals surface area contributed by atoms with Crippen LogP contribution < -0.4 is 0 Å². The minimum Gasteiger partial charge on any atom is -0.383 e.